The van der Waals surface area contributed by atoms with E-state index in [0.29, 0.717) is 16.3 Å². The van der Waals surface area contributed by atoms with Crippen LogP contribution in [0.5, 0.6) is 0 Å². The monoisotopic (exact) mass is 293 g/mol. The summed E-state index contributed by atoms with van der Waals surface area (Å²) in [4.78, 5) is 9.00. The van der Waals surface area contributed by atoms with Crippen LogP contribution in [0, 0.1) is 12.7 Å². The molecule has 0 aliphatic carbocycles. The average Bonchev–Trinajstić information content (AvgIpc) is 2.43. The Hall–Kier alpha value is -1.68. The number of aryl methyl sites for hydroxylation is 1. The molecule has 0 bridgehead atoms. The minimum atomic E-state index is -0.328. The summed E-state index contributed by atoms with van der Waals surface area (Å²) in [5.41, 5.74) is 2.14. The summed E-state index contributed by atoms with van der Waals surface area (Å²) in [5.74, 6) is 1.15. The molecule has 1 heterocycles. The van der Waals surface area contributed by atoms with Gasteiger partial charge in [0, 0.05) is 24.6 Å². The molecular weight excluding hydrogens is 277 g/mol. The van der Waals surface area contributed by atoms with Crippen LogP contribution in [-0.2, 0) is 6.42 Å². The fourth-order valence-corrected chi connectivity index (χ4v) is 2.29. The van der Waals surface area contributed by atoms with Crippen LogP contribution in [0.15, 0.2) is 18.2 Å². The van der Waals surface area contributed by atoms with Crippen LogP contribution in [0.1, 0.15) is 24.7 Å². The second kappa shape index (κ2) is 6.18. The van der Waals surface area contributed by atoms with Crippen molar-refractivity contribution in [1.82, 2.24) is 9.97 Å². The van der Waals surface area contributed by atoms with Crippen LogP contribution in [0.2, 0.25) is 5.02 Å². The van der Waals surface area contributed by atoms with E-state index >= 15 is 0 Å². The molecule has 0 aliphatic rings. The van der Waals surface area contributed by atoms with Gasteiger partial charge in [0.1, 0.15) is 17.5 Å². The van der Waals surface area contributed by atoms with Crippen LogP contribution in [0.3, 0.4) is 0 Å². The first-order valence-corrected chi connectivity index (χ1v) is 6.95. The van der Waals surface area contributed by atoms with E-state index in [0.717, 1.165) is 30.0 Å². The van der Waals surface area contributed by atoms with Crippen molar-refractivity contribution in [2.75, 3.05) is 12.4 Å². The third-order valence-electron chi connectivity index (χ3n) is 3.09. The van der Waals surface area contributed by atoms with E-state index in [-0.39, 0.29) is 5.82 Å². The van der Waals surface area contributed by atoms with Crippen molar-refractivity contribution >= 4 is 17.4 Å². The Kier molecular flexibility index (Phi) is 4.55. The lowest BCUT2D eigenvalue weighted by Gasteiger charge is -2.13. The Morgan fingerprint density at radius 2 is 2.05 bits per heavy atom. The molecule has 0 aliphatic heterocycles. The topological polar surface area (TPSA) is 37.8 Å². The molecule has 0 fully saturated rings. The van der Waals surface area contributed by atoms with Gasteiger partial charge in [-0.3, -0.25) is 0 Å². The zero-order chi connectivity index (χ0) is 14.7. The highest BCUT2D eigenvalue weighted by Crippen LogP contribution is 2.32. The molecule has 0 saturated heterocycles. The molecule has 0 saturated carbocycles. The van der Waals surface area contributed by atoms with Gasteiger partial charge >= 0.3 is 0 Å². The molecule has 0 unspecified atom stereocenters. The Balaban J connectivity index is 2.65. The first-order chi connectivity index (χ1) is 9.56. The van der Waals surface area contributed by atoms with Crippen molar-refractivity contribution in [2.24, 2.45) is 0 Å². The maximum Gasteiger partial charge on any atom is 0.132 e. The van der Waals surface area contributed by atoms with E-state index in [4.69, 9.17) is 11.6 Å². The number of benzene rings is 1. The Bertz CT molecular complexity index is 629. The smallest absolute Gasteiger partial charge is 0.132 e. The average molecular weight is 294 g/mol. The molecule has 1 aromatic heterocycles. The van der Waals surface area contributed by atoms with Crippen LogP contribution in [-0.4, -0.2) is 17.0 Å². The molecule has 0 atom stereocenters. The standard InChI is InChI=1S/C15H17ClFN3/c1-4-5-13-19-14(9(2)15(18-3)20-13)11-8-10(17)6-7-12(11)16/h6-8H,4-5H2,1-3H3,(H,18,19,20). The van der Waals surface area contributed by atoms with Gasteiger partial charge < -0.3 is 5.32 Å². The molecular formula is C15H17ClFN3. The van der Waals surface area contributed by atoms with Gasteiger partial charge in [-0.1, -0.05) is 18.5 Å². The number of anilines is 1. The number of aromatic nitrogens is 2. The molecule has 106 valence electrons. The lowest BCUT2D eigenvalue weighted by atomic mass is 10.1. The second-order valence-electron chi connectivity index (χ2n) is 4.59. The quantitative estimate of drug-likeness (QED) is 0.916. The maximum absolute atomic E-state index is 13.5. The SMILES string of the molecule is CCCc1nc(NC)c(C)c(-c2cc(F)ccc2Cl)n1. The number of rotatable bonds is 4. The zero-order valence-electron chi connectivity index (χ0n) is 11.8. The number of hydrogen-bond donors (Lipinski definition) is 1. The minimum absolute atomic E-state index is 0.328. The summed E-state index contributed by atoms with van der Waals surface area (Å²) in [6.07, 6.45) is 1.72. The summed E-state index contributed by atoms with van der Waals surface area (Å²) in [7, 11) is 1.81. The highest BCUT2D eigenvalue weighted by molar-refractivity contribution is 6.33. The van der Waals surface area contributed by atoms with Crippen LogP contribution in [0.4, 0.5) is 10.2 Å². The lowest BCUT2D eigenvalue weighted by Crippen LogP contribution is -2.05. The van der Waals surface area contributed by atoms with Crippen molar-refractivity contribution in [3.05, 3.63) is 40.4 Å². The fraction of sp³-hybridized carbons (Fsp3) is 0.333. The molecule has 0 spiro atoms. The van der Waals surface area contributed by atoms with Crippen molar-refractivity contribution in [1.29, 1.82) is 0 Å². The molecule has 1 N–H and O–H groups in total. The number of hydrogen-bond acceptors (Lipinski definition) is 3. The predicted molar refractivity (Wildman–Crippen MR) is 80.7 cm³/mol. The van der Waals surface area contributed by atoms with E-state index < -0.39 is 0 Å². The highest BCUT2D eigenvalue weighted by Gasteiger charge is 2.14. The number of nitrogens with one attached hydrogen (secondary N) is 1. The van der Waals surface area contributed by atoms with E-state index in [1.807, 2.05) is 14.0 Å². The Morgan fingerprint density at radius 3 is 2.70 bits per heavy atom. The van der Waals surface area contributed by atoms with Gasteiger partial charge in [0.05, 0.1) is 10.7 Å². The van der Waals surface area contributed by atoms with Gasteiger partial charge in [0.2, 0.25) is 0 Å². The van der Waals surface area contributed by atoms with Gasteiger partial charge in [0.25, 0.3) is 0 Å². The molecule has 5 heteroatoms. The van der Waals surface area contributed by atoms with E-state index in [1.54, 1.807) is 6.07 Å². The highest BCUT2D eigenvalue weighted by atomic mass is 35.5. The normalized spacial score (nSPS) is 10.7. The first-order valence-electron chi connectivity index (χ1n) is 6.57. The summed E-state index contributed by atoms with van der Waals surface area (Å²) in [6, 6.07) is 4.30. The maximum atomic E-state index is 13.5. The van der Waals surface area contributed by atoms with Crippen molar-refractivity contribution < 1.29 is 4.39 Å². The van der Waals surface area contributed by atoms with Gasteiger partial charge in [-0.25, -0.2) is 14.4 Å². The molecule has 20 heavy (non-hydrogen) atoms. The summed E-state index contributed by atoms with van der Waals surface area (Å²) in [6.45, 7) is 3.97. The Morgan fingerprint density at radius 1 is 1.30 bits per heavy atom. The van der Waals surface area contributed by atoms with Gasteiger partial charge in [-0.2, -0.15) is 0 Å². The third kappa shape index (κ3) is 2.90. The molecule has 2 aromatic rings. The molecule has 3 nitrogen and oxygen atoms in total. The molecule has 2 rings (SSSR count). The molecule has 1 aromatic carbocycles. The van der Waals surface area contributed by atoms with Crippen molar-refractivity contribution in [2.45, 2.75) is 26.7 Å². The summed E-state index contributed by atoms with van der Waals surface area (Å²) in [5, 5.41) is 3.53. The van der Waals surface area contributed by atoms with Gasteiger partial charge in [-0.05, 0) is 31.5 Å². The Labute approximate surface area is 123 Å². The third-order valence-corrected chi connectivity index (χ3v) is 3.42. The van der Waals surface area contributed by atoms with Crippen LogP contribution >= 0.6 is 11.6 Å². The van der Waals surface area contributed by atoms with E-state index in [2.05, 4.69) is 22.2 Å². The zero-order valence-corrected chi connectivity index (χ0v) is 12.6. The minimum Gasteiger partial charge on any atom is -0.373 e. The largest absolute Gasteiger partial charge is 0.373 e. The lowest BCUT2D eigenvalue weighted by molar-refractivity contribution is 0.628. The van der Waals surface area contributed by atoms with Crippen LogP contribution < -0.4 is 5.32 Å². The fourth-order valence-electron chi connectivity index (χ4n) is 2.08. The predicted octanol–water partition coefficient (Wildman–Crippen LogP) is 4.24. The number of nitrogens with zero attached hydrogens (tertiary/aromatic N) is 2. The molecule has 0 radical (unpaired) electrons. The van der Waals surface area contributed by atoms with Gasteiger partial charge in [-0.15, -0.1) is 0 Å². The molecule has 0 amide bonds. The number of halogens is 2. The van der Waals surface area contributed by atoms with E-state index in [1.165, 1.54) is 12.1 Å². The van der Waals surface area contributed by atoms with Gasteiger partial charge in [0.15, 0.2) is 0 Å². The van der Waals surface area contributed by atoms with Crippen LogP contribution in [0.25, 0.3) is 11.3 Å². The summed E-state index contributed by atoms with van der Waals surface area (Å²) < 4.78 is 13.5. The van der Waals surface area contributed by atoms with Crippen molar-refractivity contribution in [3.8, 4) is 11.3 Å². The van der Waals surface area contributed by atoms with E-state index in [9.17, 15) is 4.39 Å². The van der Waals surface area contributed by atoms with Crippen molar-refractivity contribution in [3.63, 3.8) is 0 Å². The summed E-state index contributed by atoms with van der Waals surface area (Å²) >= 11 is 6.18. The second-order valence-corrected chi connectivity index (χ2v) is 4.99. The first kappa shape index (κ1) is 14.7.